The molecule has 0 saturated carbocycles. The molecule has 29 heavy (non-hydrogen) atoms. The quantitative estimate of drug-likeness (QED) is 0.471. The molecule has 0 aliphatic heterocycles. The first-order valence-corrected chi connectivity index (χ1v) is 9.81. The molecular formula is C22H19N3O3S. The van der Waals surface area contributed by atoms with Crippen LogP contribution in [0.25, 0.3) is 10.2 Å². The number of methoxy groups -OCH3 is 2. The number of carbonyl (C=O) groups excluding carboxylic acids is 1. The largest absolute Gasteiger partial charge is 0.493 e. The molecule has 0 bridgehead atoms. The molecule has 0 unspecified atom stereocenters. The Balaban J connectivity index is 1.81. The molecule has 7 heteroatoms. The molecule has 2 aromatic carbocycles. The maximum Gasteiger partial charge on any atom is 0.264 e. The summed E-state index contributed by atoms with van der Waals surface area (Å²) in [4.78, 5) is 24.3. The first-order valence-electron chi connectivity index (χ1n) is 8.99. The van der Waals surface area contributed by atoms with E-state index in [9.17, 15) is 4.79 Å². The highest BCUT2D eigenvalue weighted by molar-refractivity contribution is 7.22. The fraction of sp³-hybridized carbons (Fsp3) is 0.136. The van der Waals surface area contributed by atoms with Gasteiger partial charge < -0.3 is 9.47 Å². The minimum atomic E-state index is -0.231. The van der Waals surface area contributed by atoms with Crippen LogP contribution in [-0.4, -0.2) is 30.1 Å². The molecule has 0 atom stereocenters. The summed E-state index contributed by atoms with van der Waals surface area (Å²) in [6, 6.07) is 18.7. The molecule has 0 saturated heterocycles. The molecule has 0 N–H and O–H groups in total. The van der Waals surface area contributed by atoms with Gasteiger partial charge in [-0.3, -0.25) is 14.7 Å². The zero-order valence-corrected chi connectivity index (χ0v) is 16.8. The van der Waals surface area contributed by atoms with E-state index in [1.54, 1.807) is 36.4 Å². The van der Waals surface area contributed by atoms with Crippen LogP contribution in [0.3, 0.4) is 0 Å². The topological polar surface area (TPSA) is 64.5 Å². The number of thiazole rings is 1. The molecule has 2 heterocycles. The van der Waals surface area contributed by atoms with Crippen molar-refractivity contribution in [2.75, 3.05) is 19.1 Å². The number of rotatable bonds is 6. The van der Waals surface area contributed by atoms with Gasteiger partial charge in [-0.15, -0.1) is 0 Å². The second kappa shape index (κ2) is 8.28. The lowest BCUT2D eigenvalue weighted by Gasteiger charge is -2.21. The second-order valence-electron chi connectivity index (χ2n) is 6.22. The van der Waals surface area contributed by atoms with Crippen LogP contribution < -0.4 is 14.4 Å². The molecule has 0 aliphatic carbocycles. The number of hydrogen-bond acceptors (Lipinski definition) is 6. The fourth-order valence-electron chi connectivity index (χ4n) is 3.06. The van der Waals surface area contributed by atoms with E-state index in [0.717, 1.165) is 15.9 Å². The van der Waals surface area contributed by atoms with Gasteiger partial charge in [0.2, 0.25) is 0 Å². The van der Waals surface area contributed by atoms with Gasteiger partial charge in [0.1, 0.15) is 0 Å². The summed E-state index contributed by atoms with van der Waals surface area (Å²) in [5.74, 6) is 0.665. The van der Waals surface area contributed by atoms with Crippen molar-refractivity contribution < 1.29 is 14.3 Å². The van der Waals surface area contributed by atoms with Crippen LogP contribution in [0.1, 0.15) is 16.1 Å². The van der Waals surface area contributed by atoms with Crippen molar-refractivity contribution in [2.45, 2.75) is 6.54 Å². The zero-order valence-electron chi connectivity index (χ0n) is 16.0. The fourth-order valence-corrected chi connectivity index (χ4v) is 4.02. The molecule has 2 aromatic heterocycles. The number of fused-ring (bicyclic) bond motifs is 1. The van der Waals surface area contributed by atoms with Gasteiger partial charge in [-0.2, -0.15) is 0 Å². The Morgan fingerprint density at radius 3 is 2.55 bits per heavy atom. The van der Waals surface area contributed by atoms with Crippen molar-refractivity contribution in [1.82, 2.24) is 9.97 Å². The Hall–Kier alpha value is -3.45. The average molecular weight is 405 g/mol. The normalized spacial score (nSPS) is 10.7. The highest BCUT2D eigenvalue weighted by Crippen LogP contribution is 2.35. The molecule has 4 aromatic rings. The summed E-state index contributed by atoms with van der Waals surface area (Å²) in [5.41, 5.74) is 2.02. The van der Waals surface area contributed by atoms with E-state index in [-0.39, 0.29) is 5.91 Å². The molecule has 1 amide bonds. The van der Waals surface area contributed by atoms with Gasteiger partial charge in [-0.05, 0) is 36.4 Å². The van der Waals surface area contributed by atoms with E-state index in [0.29, 0.717) is 28.7 Å². The standard InChI is InChI=1S/C22H19N3O3S/c1-27-18-11-7-9-16(20(18)28-2)21(26)25(14-15-8-5-6-13-23-15)22-24-17-10-3-4-12-19(17)29-22/h3-13H,14H2,1-2H3. The number of benzene rings is 2. The predicted molar refractivity (Wildman–Crippen MR) is 114 cm³/mol. The maximum atomic E-state index is 13.6. The molecule has 0 radical (unpaired) electrons. The third-order valence-corrected chi connectivity index (χ3v) is 5.50. The van der Waals surface area contributed by atoms with Gasteiger partial charge in [0.05, 0.1) is 42.2 Å². The first-order chi connectivity index (χ1) is 14.2. The van der Waals surface area contributed by atoms with E-state index < -0.39 is 0 Å². The van der Waals surface area contributed by atoms with Gasteiger partial charge in [-0.25, -0.2) is 4.98 Å². The van der Waals surface area contributed by atoms with Crippen LogP contribution >= 0.6 is 11.3 Å². The van der Waals surface area contributed by atoms with Gasteiger partial charge in [0.25, 0.3) is 5.91 Å². The first kappa shape index (κ1) is 18.9. The van der Waals surface area contributed by atoms with Gasteiger partial charge in [0.15, 0.2) is 16.6 Å². The number of para-hydroxylation sites is 2. The van der Waals surface area contributed by atoms with Crippen molar-refractivity contribution in [3.63, 3.8) is 0 Å². The Labute approximate surface area is 172 Å². The van der Waals surface area contributed by atoms with E-state index in [2.05, 4.69) is 9.97 Å². The number of anilines is 1. The molecule has 6 nitrogen and oxygen atoms in total. The monoisotopic (exact) mass is 405 g/mol. The highest BCUT2D eigenvalue weighted by Gasteiger charge is 2.26. The smallest absolute Gasteiger partial charge is 0.264 e. The average Bonchev–Trinajstić information content (AvgIpc) is 3.21. The molecule has 0 aliphatic rings. The van der Waals surface area contributed by atoms with E-state index in [4.69, 9.17) is 9.47 Å². The summed E-state index contributed by atoms with van der Waals surface area (Å²) in [7, 11) is 3.07. The molecular weight excluding hydrogens is 386 g/mol. The van der Waals surface area contributed by atoms with Crippen molar-refractivity contribution in [2.24, 2.45) is 0 Å². The van der Waals surface area contributed by atoms with E-state index >= 15 is 0 Å². The van der Waals surface area contributed by atoms with Crippen LogP contribution in [0.2, 0.25) is 0 Å². The minimum absolute atomic E-state index is 0.231. The molecule has 0 fully saturated rings. The Kier molecular flexibility index (Phi) is 5.39. The predicted octanol–water partition coefficient (Wildman–Crippen LogP) is 4.56. The Morgan fingerprint density at radius 1 is 1.00 bits per heavy atom. The van der Waals surface area contributed by atoms with Crippen molar-refractivity contribution >= 4 is 32.6 Å². The van der Waals surface area contributed by atoms with Crippen LogP contribution in [-0.2, 0) is 6.54 Å². The van der Waals surface area contributed by atoms with Crippen LogP contribution in [0.5, 0.6) is 11.5 Å². The zero-order chi connectivity index (χ0) is 20.2. The van der Waals surface area contributed by atoms with E-state index in [1.165, 1.54) is 18.4 Å². The summed E-state index contributed by atoms with van der Waals surface area (Å²) in [6.07, 6.45) is 1.71. The lowest BCUT2D eigenvalue weighted by molar-refractivity contribution is 0.0981. The van der Waals surface area contributed by atoms with Crippen molar-refractivity contribution in [3.8, 4) is 11.5 Å². The number of nitrogens with zero attached hydrogens (tertiary/aromatic N) is 3. The van der Waals surface area contributed by atoms with Crippen molar-refractivity contribution in [3.05, 3.63) is 78.1 Å². The van der Waals surface area contributed by atoms with Crippen LogP contribution in [0.15, 0.2) is 66.9 Å². The SMILES string of the molecule is COc1cccc(C(=O)N(Cc2ccccn2)c2nc3ccccc3s2)c1OC. The number of pyridine rings is 1. The maximum absolute atomic E-state index is 13.6. The molecule has 4 rings (SSSR count). The van der Waals surface area contributed by atoms with Gasteiger partial charge in [0, 0.05) is 6.20 Å². The summed E-state index contributed by atoms with van der Waals surface area (Å²) in [5, 5.41) is 0.603. The number of hydrogen-bond donors (Lipinski definition) is 0. The Morgan fingerprint density at radius 2 is 1.83 bits per heavy atom. The number of aromatic nitrogens is 2. The highest BCUT2D eigenvalue weighted by atomic mass is 32.1. The molecule has 0 spiro atoms. The third kappa shape index (κ3) is 3.77. The lowest BCUT2D eigenvalue weighted by atomic mass is 10.1. The summed E-state index contributed by atoms with van der Waals surface area (Å²) >= 11 is 1.47. The second-order valence-corrected chi connectivity index (χ2v) is 7.23. The van der Waals surface area contributed by atoms with Gasteiger partial charge in [-0.1, -0.05) is 35.6 Å². The Bertz CT molecular complexity index is 1110. The summed E-state index contributed by atoms with van der Waals surface area (Å²) < 4.78 is 11.8. The number of carbonyl (C=O) groups is 1. The number of ether oxygens (including phenoxy) is 2. The minimum Gasteiger partial charge on any atom is -0.493 e. The van der Waals surface area contributed by atoms with E-state index in [1.807, 2.05) is 42.5 Å². The summed E-state index contributed by atoms with van der Waals surface area (Å²) in [6.45, 7) is 0.292. The third-order valence-electron chi connectivity index (χ3n) is 4.44. The van der Waals surface area contributed by atoms with Crippen LogP contribution in [0.4, 0.5) is 5.13 Å². The number of amides is 1. The van der Waals surface area contributed by atoms with Crippen LogP contribution in [0, 0.1) is 0 Å². The lowest BCUT2D eigenvalue weighted by Crippen LogP contribution is -2.31. The van der Waals surface area contributed by atoms with Crippen molar-refractivity contribution in [1.29, 1.82) is 0 Å². The molecule has 146 valence electrons. The van der Waals surface area contributed by atoms with Gasteiger partial charge >= 0.3 is 0 Å².